The molecule has 0 aliphatic carbocycles. The number of hydrogen-bond acceptors (Lipinski definition) is 6. The molecule has 0 unspecified atom stereocenters. The molecule has 0 heterocycles. The summed E-state index contributed by atoms with van der Waals surface area (Å²) in [5.74, 6) is -5.66. The molecular formula is C11H17N3O8. The highest BCUT2D eigenvalue weighted by atomic mass is 16.4. The zero-order valence-corrected chi connectivity index (χ0v) is 11.4. The van der Waals surface area contributed by atoms with Crippen LogP contribution in [0.3, 0.4) is 0 Å². The van der Waals surface area contributed by atoms with Gasteiger partial charge in [0.1, 0.15) is 6.04 Å². The van der Waals surface area contributed by atoms with Gasteiger partial charge in [-0.25, -0.2) is 4.79 Å². The van der Waals surface area contributed by atoms with E-state index >= 15 is 0 Å². The van der Waals surface area contributed by atoms with Gasteiger partial charge in [0.15, 0.2) is 0 Å². The van der Waals surface area contributed by atoms with E-state index in [-0.39, 0.29) is 6.42 Å². The maximum absolute atomic E-state index is 11.5. The first-order valence-electron chi connectivity index (χ1n) is 6.12. The Labute approximate surface area is 124 Å². The SMILES string of the molecule is N[C@@H](CC(=O)O)C(=O)NCC(=O)N[C@@H](CCC(=O)O)C(=O)O. The molecule has 22 heavy (non-hydrogen) atoms. The van der Waals surface area contributed by atoms with Crippen LogP contribution in [-0.2, 0) is 24.0 Å². The number of carboxylic acid groups (broad SMARTS) is 3. The molecule has 0 spiro atoms. The summed E-state index contributed by atoms with van der Waals surface area (Å²) in [4.78, 5) is 54.4. The quantitative estimate of drug-likeness (QED) is 0.249. The summed E-state index contributed by atoms with van der Waals surface area (Å²) in [5.41, 5.74) is 5.25. The zero-order chi connectivity index (χ0) is 17.3. The average Bonchev–Trinajstić information content (AvgIpc) is 2.39. The minimum atomic E-state index is -1.41. The van der Waals surface area contributed by atoms with Crippen LogP contribution in [0.5, 0.6) is 0 Å². The number of carboxylic acids is 3. The summed E-state index contributed by atoms with van der Waals surface area (Å²) in [6.45, 7) is -0.608. The van der Waals surface area contributed by atoms with Crippen LogP contribution < -0.4 is 16.4 Å². The summed E-state index contributed by atoms with van der Waals surface area (Å²) >= 11 is 0. The van der Waals surface area contributed by atoms with Gasteiger partial charge in [-0.15, -0.1) is 0 Å². The molecule has 0 aliphatic heterocycles. The molecule has 11 heteroatoms. The van der Waals surface area contributed by atoms with E-state index in [0.29, 0.717) is 0 Å². The van der Waals surface area contributed by atoms with Gasteiger partial charge < -0.3 is 31.7 Å². The first-order valence-corrected chi connectivity index (χ1v) is 6.12. The fourth-order valence-corrected chi connectivity index (χ4v) is 1.35. The predicted molar refractivity (Wildman–Crippen MR) is 69.7 cm³/mol. The van der Waals surface area contributed by atoms with Crippen molar-refractivity contribution in [2.24, 2.45) is 5.73 Å². The molecule has 0 saturated carbocycles. The van der Waals surface area contributed by atoms with Crippen molar-refractivity contribution in [3.05, 3.63) is 0 Å². The lowest BCUT2D eigenvalue weighted by molar-refractivity contribution is -0.143. The first kappa shape index (κ1) is 19.3. The highest BCUT2D eigenvalue weighted by molar-refractivity contribution is 5.91. The summed E-state index contributed by atoms with van der Waals surface area (Å²) in [5, 5.41) is 29.8. The molecule has 0 rings (SSSR count). The van der Waals surface area contributed by atoms with Gasteiger partial charge in [0.2, 0.25) is 11.8 Å². The number of rotatable bonds is 10. The number of carbonyl (C=O) groups excluding carboxylic acids is 2. The molecule has 0 aromatic rings. The molecule has 0 saturated heterocycles. The molecule has 0 bridgehead atoms. The molecular weight excluding hydrogens is 302 g/mol. The molecule has 0 aromatic carbocycles. The molecule has 11 nitrogen and oxygen atoms in total. The van der Waals surface area contributed by atoms with Crippen LogP contribution in [0, 0.1) is 0 Å². The largest absolute Gasteiger partial charge is 0.481 e. The third kappa shape index (κ3) is 8.47. The monoisotopic (exact) mass is 319 g/mol. The lowest BCUT2D eigenvalue weighted by atomic mass is 10.1. The van der Waals surface area contributed by atoms with E-state index < -0.39 is 61.2 Å². The normalized spacial score (nSPS) is 12.8. The van der Waals surface area contributed by atoms with E-state index in [9.17, 15) is 24.0 Å². The van der Waals surface area contributed by atoms with Crippen molar-refractivity contribution in [1.29, 1.82) is 0 Å². The van der Waals surface area contributed by atoms with Crippen LogP contribution in [0.4, 0.5) is 0 Å². The van der Waals surface area contributed by atoms with Gasteiger partial charge in [-0.3, -0.25) is 19.2 Å². The summed E-state index contributed by atoms with van der Waals surface area (Å²) in [6.07, 6.45) is -1.39. The van der Waals surface area contributed by atoms with Gasteiger partial charge in [0.05, 0.1) is 19.0 Å². The van der Waals surface area contributed by atoms with Crippen molar-refractivity contribution in [3.8, 4) is 0 Å². The minimum Gasteiger partial charge on any atom is -0.481 e. The van der Waals surface area contributed by atoms with Crippen molar-refractivity contribution >= 4 is 29.7 Å². The fraction of sp³-hybridized carbons (Fsp3) is 0.545. The van der Waals surface area contributed by atoms with E-state index in [1.54, 1.807) is 0 Å². The second-order valence-corrected chi connectivity index (χ2v) is 4.31. The molecule has 7 N–H and O–H groups in total. The van der Waals surface area contributed by atoms with Crippen molar-refractivity contribution in [1.82, 2.24) is 10.6 Å². The Hall–Kier alpha value is -2.69. The van der Waals surface area contributed by atoms with E-state index in [2.05, 4.69) is 0 Å². The third-order valence-corrected chi connectivity index (χ3v) is 2.43. The van der Waals surface area contributed by atoms with Crippen LogP contribution in [0.15, 0.2) is 0 Å². The Morgan fingerprint density at radius 3 is 2.05 bits per heavy atom. The van der Waals surface area contributed by atoms with E-state index in [1.807, 2.05) is 10.6 Å². The number of hydrogen-bond donors (Lipinski definition) is 6. The highest BCUT2D eigenvalue weighted by Gasteiger charge is 2.22. The maximum atomic E-state index is 11.5. The Bertz CT molecular complexity index is 464. The summed E-state index contributed by atoms with van der Waals surface area (Å²) in [6, 6.07) is -2.75. The summed E-state index contributed by atoms with van der Waals surface area (Å²) in [7, 11) is 0. The Balaban J connectivity index is 4.29. The number of nitrogens with one attached hydrogen (secondary N) is 2. The molecule has 124 valence electrons. The molecule has 2 atom stereocenters. The van der Waals surface area contributed by atoms with Crippen LogP contribution >= 0.6 is 0 Å². The fourth-order valence-electron chi connectivity index (χ4n) is 1.35. The second kappa shape index (κ2) is 9.28. The second-order valence-electron chi connectivity index (χ2n) is 4.31. The molecule has 0 aliphatic rings. The van der Waals surface area contributed by atoms with Crippen molar-refractivity contribution in [2.75, 3.05) is 6.54 Å². The Kier molecular flexibility index (Phi) is 8.15. The van der Waals surface area contributed by atoms with Gasteiger partial charge in [0, 0.05) is 6.42 Å². The Morgan fingerprint density at radius 2 is 1.59 bits per heavy atom. The Morgan fingerprint density at radius 1 is 1.00 bits per heavy atom. The summed E-state index contributed by atoms with van der Waals surface area (Å²) < 4.78 is 0. The predicted octanol–water partition coefficient (Wildman–Crippen LogP) is -2.66. The van der Waals surface area contributed by atoms with Gasteiger partial charge in [-0.1, -0.05) is 0 Å². The minimum absolute atomic E-state index is 0.317. The van der Waals surface area contributed by atoms with E-state index in [0.717, 1.165) is 0 Å². The van der Waals surface area contributed by atoms with E-state index in [4.69, 9.17) is 21.1 Å². The van der Waals surface area contributed by atoms with Gasteiger partial charge in [-0.05, 0) is 6.42 Å². The number of carbonyl (C=O) groups is 5. The standard InChI is InChI=1S/C11H17N3O8/c12-5(3-9(18)19)10(20)13-4-7(15)14-6(11(21)22)1-2-8(16)17/h5-6H,1-4,12H2,(H,13,20)(H,14,15)(H,16,17)(H,18,19)(H,21,22)/t5-,6-/m0/s1. The molecule has 2 amide bonds. The van der Waals surface area contributed by atoms with Crippen LogP contribution in [-0.4, -0.2) is 63.7 Å². The maximum Gasteiger partial charge on any atom is 0.326 e. The smallest absolute Gasteiger partial charge is 0.326 e. The first-order chi connectivity index (χ1) is 10.1. The van der Waals surface area contributed by atoms with E-state index in [1.165, 1.54) is 0 Å². The molecule has 0 radical (unpaired) electrons. The van der Waals surface area contributed by atoms with Crippen LogP contribution in [0.25, 0.3) is 0 Å². The van der Waals surface area contributed by atoms with Gasteiger partial charge >= 0.3 is 17.9 Å². The number of nitrogens with two attached hydrogens (primary N) is 1. The van der Waals surface area contributed by atoms with Crippen molar-refractivity contribution in [2.45, 2.75) is 31.3 Å². The molecule has 0 fully saturated rings. The van der Waals surface area contributed by atoms with Crippen LogP contribution in [0.2, 0.25) is 0 Å². The van der Waals surface area contributed by atoms with Gasteiger partial charge in [0.25, 0.3) is 0 Å². The number of aliphatic carboxylic acids is 3. The van der Waals surface area contributed by atoms with Crippen LogP contribution in [0.1, 0.15) is 19.3 Å². The highest BCUT2D eigenvalue weighted by Crippen LogP contribution is 1.98. The van der Waals surface area contributed by atoms with Gasteiger partial charge in [-0.2, -0.15) is 0 Å². The third-order valence-electron chi connectivity index (χ3n) is 2.43. The van der Waals surface area contributed by atoms with Crippen molar-refractivity contribution in [3.63, 3.8) is 0 Å². The molecule has 0 aromatic heterocycles. The number of amides is 2. The van der Waals surface area contributed by atoms with Crippen molar-refractivity contribution < 1.29 is 39.3 Å². The topological polar surface area (TPSA) is 196 Å². The zero-order valence-electron chi connectivity index (χ0n) is 11.4. The lowest BCUT2D eigenvalue weighted by Crippen LogP contribution is -2.49. The lowest BCUT2D eigenvalue weighted by Gasteiger charge is -2.14. The average molecular weight is 319 g/mol.